The van der Waals surface area contributed by atoms with Crippen LogP contribution in [0.4, 0.5) is 0 Å². The summed E-state index contributed by atoms with van der Waals surface area (Å²) in [5.74, 6) is 4.13. The zero-order valence-corrected chi connectivity index (χ0v) is 8.28. The Kier molecular flexibility index (Phi) is 2.92. The summed E-state index contributed by atoms with van der Waals surface area (Å²) in [6.45, 7) is 0. The molecule has 0 aromatic heterocycles. The fraction of sp³-hybridized carbons (Fsp3) is 1.00. The van der Waals surface area contributed by atoms with Crippen molar-refractivity contribution in [1.29, 1.82) is 0 Å². The van der Waals surface area contributed by atoms with E-state index in [1.165, 1.54) is 17.4 Å². The molecule has 0 atom stereocenters. The molecular weight excluding hydrogens is 214 g/mol. The van der Waals surface area contributed by atoms with Crippen LogP contribution >= 0.6 is 11.8 Å². The van der Waals surface area contributed by atoms with Crippen molar-refractivity contribution in [3.8, 4) is 0 Å². The van der Waals surface area contributed by atoms with E-state index in [9.17, 15) is 0 Å². The maximum absolute atomic E-state index is 2.44. The number of thioether (sulfide) groups is 1. The van der Waals surface area contributed by atoms with Gasteiger partial charge in [0, 0.05) is 0 Å². The van der Waals surface area contributed by atoms with Gasteiger partial charge in [0.05, 0.1) is 0 Å². The molecule has 0 aliphatic carbocycles. The maximum atomic E-state index is 2.44. The first-order chi connectivity index (χ1) is 3.43. The van der Waals surface area contributed by atoms with Crippen LogP contribution in [0, 0.1) is 5.92 Å². The number of hydrogen-bond donors (Lipinski definition) is 0. The molecule has 1 aliphatic rings. The molecule has 0 radical (unpaired) electrons. The molecule has 0 bridgehead atoms. The summed E-state index contributed by atoms with van der Waals surface area (Å²) in [5, 5.41) is 0. The van der Waals surface area contributed by atoms with Crippen LogP contribution in [-0.4, -0.2) is 33.1 Å². The first-order valence-corrected chi connectivity index (χ1v) is 8.68. The van der Waals surface area contributed by atoms with Gasteiger partial charge in [-0.05, 0) is 0 Å². The molecule has 1 aliphatic heterocycles. The van der Waals surface area contributed by atoms with Gasteiger partial charge in [-0.25, -0.2) is 0 Å². The molecule has 1 rings (SSSR count). The predicted molar refractivity (Wildman–Crippen MR) is 38.6 cm³/mol. The van der Waals surface area contributed by atoms with Gasteiger partial charge in [-0.3, -0.25) is 0 Å². The third-order valence-corrected chi connectivity index (χ3v) is 5.43. The predicted octanol–water partition coefficient (Wildman–Crippen LogP) is 1.25. The standard InChI is InChI=1S/C4H7S.CH3.Sb.H/c1-4-2-5-3-4;;;/h4H,1-3H2;1H3;;. The van der Waals surface area contributed by atoms with Crippen molar-refractivity contribution in [2.75, 3.05) is 11.5 Å². The second-order valence-corrected chi connectivity index (χ2v) is 6.22. The SMILES string of the molecule is [CH3][SbH][CH2]C1CSC1. The van der Waals surface area contributed by atoms with Gasteiger partial charge in [0.1, 0.15) is 0 Å². The van der Waals surface area contributed by atoms with Crippen molar-refractivity contribution in [1.82, 2.24) is 0 Å². The Labute approximate surface area is 60.0 Å². The van der Waals surface area contributed by atoms with Crippen molar-refractivity contribution in [2.24, 2.45) is 5.92 Å². The zero-order chi connectivity index (χ0) is 5.11. The molecule has 0 nitrogen and oxygen atoms in total. The van der Waals surface area contributed by atoms with Gasteiger partial charge in [-0.15, -0.1) is 0 Å². The van der Waals surface area contributed by atoms with E-state index in [2.05, 4.69) is 16.6 Å². The third kappa shape index (κ3) is 1.85. The van der Waals surface area contributed by atoms with E-state index < -0.39 is 0 Å². The zero-order valence-electron chi connectivity index (χ0n) is 4.61. The summed E-state index contributed by atoms with van der Waals surface area (Å²) in [6, 6.07) is 0. The fourth-order valence-electron chi connectivity index (χ4n) is 0.691. The van der Waals surface area contributed by atoms with Gasteiger partial charge in [-0.2, -0.15) is 0 Å². The average Bonchev–Trinajstić information content (AvgIpc) is 1.55. The van der Waals surface area contributed by atoms with E-state index in [4.69, 9.17) is 0 Å². The molecule has 2 heteroatoms. The second kappa shape index (κ2) is 3.24. The molecule has 7 heavy (non-hydrogen) atoms. The minimum absolute atomic E-state index is 0.172. The fourth-order valence-corrected chi connectivity index (χ4v) is 5.16. The van der Waals surface area contributed by atoms with Crippen LogP contribution in [0.5, 0.6) is 0 Å². The monoisotopic (exact) mass is 224 g/mol. The van der Waals surface area contributed by atoms with Gasteiger partial charge in [0.15, 0.2) is 0 Å². The van der Waals surface area contributed by atoms with E-state index in [0.717, 1.165) is 0 Å². The van der Waals surface area contributed by atoms with Crippen LogP contribution in [0.1, 0.15) is 0 Å². The molecule has 0 amide bonds. The van der Waals surface area contributed by atoms with Crippen molar-refractivity contribution in [2.45, 2.75) is 9.24 Å². The Morgan fingerprint density at radius 2 is 2.43 bits per heavy atom. The summed E-state index contributed by atoms with van der Waals surface area (Å²) in [7, 11) is 0. The summed E-state index contributed by atoms with van der Waals surface area (Å²) in [6.07, 6.45) is 0. The first kappa shape index (κ1) is 6.29. The van der Waals surface area contributed by atoms with Gasteiger partial charge in [-0.1, -0.05) is 0 Å². The van der Waals surface area contributed by atoms with Crippen LogP contribution in [0.3, 0.4) is 0 Å². The molecule has 42 valence electrons. The van der Waals surface area contributed by atoms with Gasteiger partial charge < -0.3 is 0 Å². The molecule has 1 heterocycles. The van der Waals surface area contributed by atoms with Crippen molar-refractivity contribution in [3.05, 3.63) is 0 Å². The van der Waals surface area contributed by atoms with Crippen LogP contribution in [-0.2, 0) is 0 Å². The Morgan fingerprint density at radius 3 is 2.57 bits per heavy atom. The topological polar surface area (TPSA) is 0 Å². The Bertz CT molecular complexity index is 52.0. The Hall–Kier alpha value is 1.17. The number of hydrogen-bond acceptors (Lipinski definition) is 1. The summed E-state index contributed by atoms with van der Waals surface area (Å²) < 4.78 is 1.64. The van der Waals surface area contributed by atoms with E-state index in [-0.39, 0.29) is 21.6 Å². The minimum atomic E-state index is 0.172. The van der Waals surface area contributed by atoms with E-state index in [0.29, 0.717) is 0 Å². The van der Waals surface area contributed by atoms with Crippen LogP contribution in [0.15, 0.2) is 0 Å². The molecule has 0 unspecified atom stereocenters. The van der Waals surface area contributed by atoms with Crippen molar-refractivity contribution >= 4 is 33.4 Å². The Morgan fingerprint density at radius 1 is 1.71 bits per heavy atom. The van der Waals surface area contributed by atoms with Crippen LogP contribution in [0.25, 0.3) is 0 Å². The normalized spacial score (nSPS) is 21.9. The van der Waals surface area contributed by atoms with Crippen molar-refractivity contribution < 1.29 is 0 Å². The molecule has 0 aromatic carbocycles. The molecule has 0 N–H and O–H groups in total. The summed E-state index contributed by atoms with van der Waals surface area (Å²) in [5.41, 5.74) is 0. The van der Waals surface area contributed by atoms with Crippen LogP contribution in [0.2, 0.25) is 9.24 Å². The van der Waals surface area contributed by atoms with Gasteiger partial charge >= 0.3 is 60.0 Å². The van der Waals surface area contributed by atoms with E-state index in [1.54, 1.807) is 4.37 Å². The second-order valence-electron chi connectivity index (χ2n) is 1.96. The van der Waals surface area contributed by atoms with E-state index >= 15 is 0 Å². The molecule has 1 saturated heterocycles. The Balaban J connectivity index is 1.93. The van der Waals surface area contributed by atoms with E-state index in [1.807, 2.05) is 0 Å². The molecular formula is C5H11SSb. The summed E-state index contributed by atoms with van der Waals surface area (Å²) >= 11 is 2.28. The molecule has 0 saturated carbocycles. The third-order valence-electron chi connectivity index (χ3n) is 1.20. The molecule has 1 fully saturated rings. The molecule has 0 aromatic rings. The number of rotatable bonds is 2. The van der Waals surface area contributed by atoms with Crippen molar-refractivity contribution in [3.63, 3.8) is 0 Å². The average molecular weight is 225 g/mol. The van der Waals surface area contributed by atoms with Crippen LogP contribution < -0.4 is 0 Å². The first-order valence-electron chi connectivity index (χ1n) is 2.66. The van der Waals surface area contributed by atoms with Gasteiger partial charge in [0.25, 0.3) is 0 Å². The molecule has 0 spiro atoms. The van der Waals surface area contributed by atoms with Gasteiger partial charge in [0.2, 0.25) is 0 Å². The quantitative estimate of drug-likeness (QED) is 0.637. The summed E-state index contributed by atoms with van der Waals surface area (Å²) in [4.78, 5) is 2.44.